The van der Waals surface area contributed by atoms with E-state index in [-0.39, 0.29) is 24.2 Å². The van der Waals surface area contributed by atoms with Gasteiger partial charge in [-0.3, -0.25) is 9.59 Å². The van der Waals surface area contributed by atoms with E-state index in [2.05, 4.69) is 17.6 Å². The lowest BCUT2D eigenvalue weighted by atomic mass is 9.90. The van der Waals surface area contributed by atoms with Gasteiger partial charge < -0.3 is 15.5 Å². The number of hydrogen-bond donors (Lipinski definition) is 2. The second kappa shape index (κ2) is 9.93. The van der Waals surface area contributed by atoms with E-state index in [1.165, 1.54) is 0 Å². The first-order chi connectivity index (χ1) is 12.1. The normalized spacial score (nSPS) is 25.9. The molecule has 1 unspecified atom stereocenters. The predicted molar refractivity (Wildman–Crippen MR) is 106 cm³/mol. The lowest BCUT2D eigenvalue weighted by Gasteiger charge is -2.37. The zero-order valence-electron chi connectivity index (χ0n) is 15.4. The summed E-state index contributed by atoms with van der Waals surface area (Å²) in [7, 11) is 0. The van der Waals surface area contributed by atoms with Crippen LogP contribution in [-0.4, -0.2) is 48.9 Å². The molecule has 2 aliphatic heterocycles. The molecule has 6 heteroatoms. The second-order valence-electron chi connectivity index (χ2n) is 7.45. The third kappa shape index (κ3) is 5.45. The fourth-order valence-corrected chi connectivity index (χ4v) is 3.97. The molecular formula is C20H30ClN3O2. The van der Waals surface area contributed by atoms with Crippen LogP contribution in [0.5, 0.6) is 0 Å². The average molecular weight is 380 g/mol. The number of likely N-dealkylation sites (tertiary alicyclic amines) is 1. The number of carbonyl (C=O) groups is 2. The van der Waals surface area contributed by atoms with Crippen LogP contribution < -0.4 is 10.6 Å². The van der Waals surface area contributed by atoms with Crippen molar-refractivity contribution in [1.29, 1.82) is 0 Å². The smallest absolute Gasteiger partial charge is 0.251 e. The molecule has 2 N–H and O–H groups in total. The SMILES string of the molecule is C[C@H]1C[C@@H](C(=O)N2CCCC(CNC(=O)c3ccccc3)C2)CCN1.Cl. The van der Waals surface area contributed by atoms with Crippen molar-refractivity contribution in [3.05, 3.63) is 35.9 Å². The number of benzene rings is 1. The minimum atomic E-state index is -0.0313. The van der Waals surface area contributed by atoms with Crippen LogP contribution in [0.2, 0.25) is 0 Å². The van der Waals surface area contributed by atoms with Crippen LogP contribution in [0.1, 0.15) is 43.0 Å². The third-order valence-corrected chi connectivity index (χ3v) is 5.39. The number of nitrogens with zero attached hydrogens (tertiary/aromatic N) is 1. The number of piperidine rings is 2. The topological polar surface area (TPSA) is 61.4 Å². The summed E-state index contributed by atoms with van der Waals surface area (Å²) in [5, 5.41) is 6.44. The van der Waals surface area contributed by atoms with Gasteiger partial charge in [-0.1, -0.05) is 18.2 Å². The molecule has 0 saturated carbocycles. The van der Waals surface area contributed by atoms with Gasteiger partial charge in [-0.15, -0.1) is 12.4 Å². The van der Waals surface area contributed by atoms with Crippen molar-refractivity contribution >= 4 is 24.2 Å². The Kier molecular flexibility index (Phi) is 7.91. The second-order valence-corrected chi connectivity index (χ2v) is 7.45. The van der Waals surface area contributed by atoms with Crippen molar-refractivity contribution in [2.45, 2.75) is 38.6 Å². The fourth-order valence-electron chi connectivity index (χ4n) is 3.97. The molecule has 0 aliphatic carbocycles. The molecule has 2 saturated heterocycles. The van der Waals surface area contributed by atoms with Gasteiger partial charge in [0.15, 0.2) is 0 Å². The van der Waals surface area contributed by atoms with Crippen molar-refractivity contribution in [2.24, 2.45) is 11.8 Å². The molecule has 5 nitrogen and oxygen atoms in total. The summed E-state index contributed by atoms with van der Waals surface area (Å²) in [5.74, 6) is 0.794. The van der Waals surface area contributed by atoms with E-state index in [9.17, 15) is 9.59 Å². The average Bonchev–Trinajstić information content (AvgIpc) is 2.66. The van der Waals surface area contributed by atoms with Crippen LogP contribution in [0.3, 0.4) is 0 Å². The van der Waals surface area contributed by atoms with E-state index >= 15 is 0 Å². The number of halogens is 1. The molecular weight excluding hydrogens is 350 g/mol. The van der Waals surface area contributed by atoms with Gasteiger partial charge in [0, 0.05) is 37.2 Å². The van der Waals surface area contributed by atoms with E-state index in [1.54, 1.807) is 0 Å². The Morgan fingerprint density at radius 1 is 1.23 bits per heavy atom. The van der Waals surface area contributed by atoms with E-state index in [1.807, 2.05) is 35.2 Å². The maximum absolute atomic E-state index is 12.8. The zero-order chi connectivity index (χ0) is 17.6. The van der Waals surface area contributed by atoms with Crippen LogP contribution in [0, 0.1) is 11.8 Å². The molecule has 144 valence electrons. The first-order valence-corrected chi connectivity index (χ1v) is 9.49. The van der Waals surface area contributed by atoms with E-state index < -0.39 is 0 Å². The number of carbonyl (C=O) groups excluding carboxylic acids is 2. The Morgan fingerprint density at radius 3 is 2.73 bits per heavy atom. The van der Waals surface area contributed by atoms with Crippen LogP contribution in [0.4, 0.5) is 0 Å². The molecule has 1 aromatic carbocycles. The Balaban J connectivity index is 0.00000243. The van der Waals surface area contributed by atoms with Crippen molar-refractivity contribution in [3.63, 3.8) is 0 Å². The maximum Gasteiger partial charge on any atom is 0.251 e. The number of nitrogens with one attached hydrogen (secondary N) is 2. The van der Waals surface area contributed by atoms with Gasteiger partial charge in [0.25, 0.3) is 5.91 Å². The third-order valence-electron chi connectivity index (χ3n) is 5.39. The largest absolute Gasteiger partial charge is 0.352 e. The van der Waals surface area contributed by atoms with E-state index in [0.717, 1.165) is 45.3 Å². The lowest BCUT2D eigenvalue weighted by Crippen LogP contribution is -2.48. The van der Waals surface area contributed by atoms with Crippen molar-refractivity contribution in [1.82, 2.24) is 15.5 Å². The van der Waals surface area contributed by atoms with Crippen LogP contribution in [-0.2, 0) is 4.79 Å². The summed E-state index contributed by atoms with van der Waals surface area (Å²) in [6.45, 7) is 5.35. The first kappa shape index (κ1) is 20.7. The van der Waals surface area contributed by atoms with Gasteiger partial charge in [0.1, 0.15) is 0 Å². The zero-order valence-corrected chi connectivity index (χ0v) is 16.3. The molecule has 2 heterocycles. The highest BCUT2D eigenvalue weighted by Crippen LogP contribution is 2.23. The van der Waals surface area contributed by atoms with Gasteiger partial charge in [0.2, 0.25) is 5.91 Å². The molecule has 3 rings (SSSR count). The maximum atomic E-state index is 12.8. The molecule has 3 atom stereocenters. The minimum absolute atomic E-state index is 0. The Hall–Kier alpha value is -1.59. The monoisotopic (exact) mass is 379 g/mol. The van der Waals surface area contributed by atoms with Crippen molar-refractivity contribution in [2.75, 3.05) is 26.2 Å². The Labute approximate surface area is 162 Å². The fraction of sp³-hybridized carbons (Fsp3) is 0.600. The first-order valence-electron chi connectivity index (χ1n) is 9.49. The minimum Gasteiger partial charge on any atom is -0.352 e. The summed E-state index contributed by atoms with van der Waals surface area (Å²) in [6, 6.07) is 9.72. The Morgan fingerprint density at radius 2 is 2.00 bits per heavy atom. The highest BCUT2D eigenvalue weighted by atomic mass is 35.5. The van der Waals surface area contributed by atoms with Gasteiger partial charge in [-0.05, 0) is 57.2 Å². The quantitative estimate of drug-likeness (QED) is 0.844. The summed E-state index contributed by atoms with van der Waals surface area (Å²) < 4.78 is 0. The van der Waals surface area contributed by atoms with Crippen LogP contribution in [0.15, 0.2) is 30.3 Å². The Bertz CT molecular complexity index is 596. The van der Waals surface area contributed by atoms with Gasteiger partial charge in [0.05, 0.1) is 0 Å². The summed E-state index contributed by atoms with van der Waals surface area (Å²) in [6.07, 6.45) is 3.97. The predicted octanol–water partition coefficient (Wildman–Crippen LogP) is 2.46. The molecule has 0 bridgehead atoms. The van der Waals surface area contributed by atoms with Gasteiger partial charge in [-0.25, -0.2) is 0 Å². The van der Waals surface area contributed by atoms with Crippen molar-refractivity contribution < 1.29 is 9.59 Å². The molecule has 2 amide bonds. The summed E-state index contributed by atoms with van der Waals surface area (Å²) in [4.78, 5) is 27.0. The van der Waals surface area contributed by atoms with E-state index in [0.29, 0.717) is 30.0 Å². The lowest BCUT2D eigenvalue weighted by molar-refractivity contribution is -0.138. The summed E-state index contributed by atoms with van der Waals surface area (Å²) in [5.41, 5.74) is 0.690. The number of amides is 2. The molecule has 2 fully saturated rings. The van der Waals surface area contributed by atoms with Crippen LogP contribution in [0.25, 0.3) is 0 Å². The molecule has 2 aliphatic rings. The van der Waals surface area contributed by atoms with Gasteiger partial charge in [-0.2, -0.15) is 0 Å². The summed E-state index contributed by atoms with van der Waals surface area (Å²) >= 11 is 0. The number of rotatable bonds is 4. The molecule has 0 spiro atoms. The molecule has 0 aromatic heterocycles. The molecule has 26 heavy (non-hydrogen) atoms. The standard InChI is InChI=1S/C20H29N3O2.ClH/c1-15-12-18(9-10-21-15)20(25)23-11-5-6-16(14-23)13-22-19(24)17-7-3-2-4-8-17;/h2-4,7-8,15-16,18,21H,5-6,9-14H2,1H3,(H,22,24);1H/t15-,16?,18-;/m0./s1. The molecule has 1 aromatic rings. The van der Waals surface area contributed by atoms with Gasteiger partial charge >= 0.3 is 0 Å². The highest BCUT2D eigenvalue weighted by Gasteiger charge is 2.31. The highest BCUT2D eigenvalue weighted by molar-refractivity contribution is 5.94. The van der Waals surface area contributed by atoms with Crippen molar-refractivity contribution in [3.8, 4) is 0 Å². The number of hydrogen-bond acceptors (Lipinski definition) is 3. The van der Waals surface area contributed by atoms with E-state index in [4.69, 9.17) is 0 Å². The molecule has 0 radical (unpaired) electrons. The van der Waals surface area contributed by atoms with Crippen LogP contribution >= 0.6 is 12.4 Å².